The van der Waals surface area contributed by atoms with Crippen molar-refractivity contribution in [3.05, 3.63) is 59.7 Å². The van der Waals surface area contributed by atoms with Crippen LogP contribution in [-0.4, -0.2) is 37.1 Å². The molecule has 2 aromatic carbocycles. The number of ether oxygens (including phenoxy) is 1. The summed E-state index contributed by atoms with van der Waals surface area (Å²) >= 11 is 0. The fraction of sp³-hybridized carbons (Fsp3) is 0.316. The SMILES string of the molecule is O=C(CNCCCO)c1ccc2c(c1)NCC(c1ccccc1)O2. The maximum atomic E-state index is 12.2. The Hall–Kier alpha value is -2.37. The van der Waals surface area contributed by atoms with E-state index in [9.17, 15) is 4.79 Å². The molecule has 126 valence electrons. The molecule has 5 nitrogen and oxygen atoms in total. The highest BCUT2D eigenvalue weighted by Crippen LogP contribution is 2.34. The van der Waals surface area contributed by atoms with E-state index in [1.54, 1.807) is 6.07 Å². The first kappa shape index (κ1) is 16.5. The van der Waals surface area contributed by atoms with E-state index in [-0.39, 0.29) is 25.0 Å². The molecule has 0 amide bonds. The van der Waals surface area contributed by atoms with Gasteiger partial charge in [-0.05, 0) is 36.7 Å². The number of Topliss-reactive ketones (excluding diaryl/α,β-unsaturated/α-hetero) is 1. The van der Waals surface area contributed by atoms with Gasteiger partial charge < -0.3 is 20.5 Å². The first-order valence-corrected chi connectivity index (χ1v) is 8.22. The van der Waals surface area contributed by atoms with Crippen LogP contribution < -0.4 is 15.4 Å². The van der Waals surface area contributed by atoms with Crippen LogP contribution in [0.1, 0.15) is 28.4 Å². The molecule has 3 N–H and O–H groups in total. The molecule has 0 fully saturated rings. The van der Waals surface area contributed by atoms with E-state index in [1.807, 2.05) is 42.5 Å². The number of ketones is 1. The average Bonchev–Trinajstić information content (AvgIpc) is 2.65. The summed E-state index contributed by atoms with van der Waals surface area (Å²) in [7, 11) is 0. The third-order valence-corrected chi connectivity index (χ3v) is 4.02. The Bertz CT molecular complexity index is 688. The monoisotopic (exact) mass is 326 g/mol. The second-order valence-corrected chi connectivity index (χ2v) is 5.79. The van der Waals surface area contributed by atoms with E-state index in [1.165, 1.54) is 0 Å². The van der Waals surface area contributed by atoms with E-state index >= 15 is 0 Å². The maximum Gasteiger partial charge on any atom is 0.176 e. The summed E-state index contributed by atoms with van der Waals surface area (Å²) in [4.78, 5) is 12.2. The Kier molecular flexibility index (Phi) is 5.46. The first-order chi connectivity index (χ1) is 11.8. The average molecular weight is 326 g/mol. The summed E-state index contributed by atoms with van der Waals surface area (Å²) in [5, 5.41) is 15.1. The van der Waals surface area contributed by atoms with Crippen LogP contribution in [0.4, 0.5) is 5.69 Å². The van der Waals surface area contributed by atoms with Crippen LogP contribution in [0.25, 0.3) is 0 Å². The molecule has 1 aliphatic heterocycles. The highest BCUT2D eigenvalue weighted by atomic mass is 16.5. The van der Waals surface area contributed by atoms with Crippen LogP contribution in [-0.2, 0) is 0 Å². The van der Waals surface area contributed by atoms with E-state index in [2.05, 4.69) is 10.6 Å². The van der Waals surface area contributed by atoms with Gasteiger partial charge in [0.1, 0.15) is 11.9 Å². The molecule has 24 heavy (non-hydrogen) atoms. The van der Waals surface area contributed by atoms with Crippen LogP contribution in [0.5, 0.6) is 5.75 Å². The number of fused-ring (bicyclic) bond motifs is 1. The number of carbonyl (C=O) groups is 1. The number of benzene rings is 2. The van der Waals surface area contributed by atoms with E-state index < -0.39 is 0 Å². The highest BCUT2D eigenvalue weighted by molar-refractivity contribution is 5.98. The van der Waals surface area contributed by atoms with Crippen LogP contribution in [0, 0.1) is 0 Å². The number of rotatable bonds is 7. The molecule has 0 bridgehead atoms. The molecule has 0 radical (unpaired) electrons. The van der Waals surface area contributed by atoms with E-state index in [4.69, 9.17) is 9.84 Å². The normalized spacial score (nSPS) is 16.0. The fourth-order valence-electron chi connectivity index (χ4n) is 2.70. The minimum Gasteiger partial charge on any atom is -0.482 e. The molecular formula is C19H22N2O3. The van der Waals surface area contributed by atoms with Crippen LogP contribution in [0.3, 0.4) is 0 Å². The molecule has 1 heterocycles. The molecule has 2 aromatic rings. The number of aliphatic hydroxyl groups excluding tert-OH is 1. The van der Waals surface area contributed by atoms with Gasteiger partial charge in [-0.3, -0.25) is 4.79 Å². The lowest BCUT2D eigenvalue weighted by molar-refractivity contribution is 0.0990. The maximum absolute atomic E-state index is 12.2. The summed E-state index contributed by atoms with van der Waals surface area (Å²) in [6.07, 6.45) is 0.619. The van der Waals surface area contributed by atoms with Gasteiger partial charge in [0.05, 0.1) is 18.8 Å². The van der Waals surface area contributed by atoms with Crippen molar-refractivity contribution in [1.82, 2.24) is 5.32 Å². The lowest BCUT2D eigenvalue weighted by atomic mass is 10.1. The molecule has 0 aromatic heterocycles. The number of hydrogen-bond acceptors (Lipinski definition) is 5. The Morgan fingerprint density at radius 1 is 1.25 bits per heavy atom. The topological polar surface area (TPSA) is 70.6 Å². The quantitative estimate of drug-likeness (QED) is 0.538. The van der Waals surface area contributed by atoms with Crippen molar-refractivity contribution in [2.75, 3.05) is 31.6 Å². The van der Waals surface area contributed by atoms with Gasteiger partial charge in [-0.15, -0.1) is 0 Å². The fourth-order valence-corrected chi connectivity index (χ4v) is 2.70. The summed E-state index contributed by atoms with van der Waals surface area (Å²) in [5.74, 6) is 0.794. The Labute approximate surface area is 141 Å². The second kappa shape index (κ2) is 7.95. The van der Waals surface area contributed by atoms with Gasteiger partial charge in [0, 0.05) is 12.2 Å². The first-order valence-electron chi connectivity index (χ1n) is 8.22. The van der Waals surface area contributed by atoms with Crippen LogP contribution in [0.15, 0.2) is 48.5 Å². The largest absolute Gasteiger partial charge is 0.482 e. The number of anilines is 1. The molecular weight excluding hydrogens is 304 g/mol. The zero-order valence-electron chi connectivity index (χ0n) is 13.5. The van der Waals surface area contributed by atoms with E-state index in [0.717, 1.165) is 17.0 Å². The third kappa shape index (κ3) is 3.93. The smallest absolute Gasteiger partial charge is 0.176 e. The van der Waals surface area contributed by atoms with Crippen molar-refractivity contribution in [3.8, 4) is 5.75 Å². The Balaban J connectivity index is 1.64. The molecule has 0 spiro atoms. The van der Waals surface area contributed by atoms with Crippen molar-refractivity contribution in [2.24, 2.45) is 0 Å². The van der Waals surface area contributed by atoms with Crippen LogP contribution in [0.2, 0.25) is 0 Å². The van der Waals surface area contributed by atoms with Gasteiger partial charge >= 0.3 is 0 Å². The lowest BCUT2D eigenvalue weighted by Crippen LogP contribution is -2.26. The zero-order chi connectivity index (χ0) is 16.8. The molecule has 1 atom stereocenters. The van der Waals surface area contributed by atoms with Gasteiger partial charge in [0.2, 0.25) is 0 Å². The van der Waals surface area contributed by atoms with Crippen molar-refractivity contribution >= 4 is 11.5 Å². The summed E-state index contributed by atoms with van der Waals surface area (Å²) < 4.78 is 6.05. The predicted octanol–water partition coefficient (Wildman–Crippen LogP) is 2.39. The molecule has 3 rings (SSSR count). The van der Waals surface area contributed by atoms with Crippen molar-refractivity contribution in [1.29, 1.82) is 0 Å². The standard InChI is InChI=1S/C19H22N2O3/c22-10-4-9-20-12-17(23)15-7-8-18-16(11-15)21-13-19(24-18)14-5-2-1-3-6-14/h1-3,5-8,11,19-22H,4,9-10,12-13H2. The minimum atomic E-state index is -0.0274. The molecule has 0 saturated carbocycles. The van der Waals surface area contributed by atoms with Crippen molar-refractivity contribution < 1.29 is 14.6 Å². The number of aliphatic hydroxyl groups is 1. The number of carbonyl (C=O) groups excluding carboxylic acids is 1. The van der Waals surface area contributed by atoms with Crippen molar-refractivity contribution in [2.45, 2.75) is 12.5 Å². The van der Waals surface area contributed by atoms with Gasteiger partial charge in [-0.2, -0.15) is 0 Å². The molecule has 0 aliphatic carbocycles. The summed E-state index contributed by atoms with van der Waals surface area (Å²) in [6.45, 7) is 1.70. The van der Waals surface area contributed by atoms with Gasteiger partial charge in [0.25, 0.3) is 0 Å². The number of nitrogens with one attached hydrogen (secondary N) is 2. The second-order valence-electron chi connectivity index (χ2n) is 5.79. The molecule has 0 saturated heterocycles. The van der Waals surface area contributed by atoms with Gasteiger partial charge in [0.15, 0.2) is 5.78 Å². The van der Waals surface area contributed by atoms with Gasteiger partial charge in [-0.25, -0.2) is 0 Å². The molecule has 1 aliphatic rings. The van der Waals surface area contributed by atoms with Crippen molar-refractivity contribution in [3.63, 3.8) is 0 Å². The molecule has 5 heteroatoms. The summed E-state index contributed by atoms with van der Waals surface area (Å²) in [6, 6.07) is 15.6. The predicted molar refractivity (Wildman–Crippen MR) is 93.6 cm³/mol. The van der Waals surface area contributed by atoms with Gasteiger partial charge in [-0.1, -0.05) is 30.3 Å². The number of hydrogen-bond donors (Lipinski definition) is 3. The minimum absolute atomic E-state index is 0.0274. The zero-order valence-corrected chi connectivity index (χ0v) is 13.5. The Morgan fingerprint density at radius 3 is 2.88 bits per heavy atom. The lowest BCUT2D eigenvalue weighted by Gasteiger charge is -2.28. The summed E-state index contributed by atoms with van der Waals surface area (Å²) in [5.41, 5.74) is 2.63. The van der Waals surface area contributed by atoms with Crippen LogP contribution >= 0.6 is 0 Å². The van der Waals surface area contributed by atoms with E-state index in [0.29, 0.717) is 25.1 Å². The Morgan fingerprint density at radius 2 is 2.08 bits per heavy atom. The third-order valence-electron chi connectivity index (χ3n) is 4.02. The highest BCUT2D eigenvalue weighted by Gasteiger charge is 2.21. The molecule has 1 unspecified atom stereocenters.